The number of nitrogens with zero attached hydrogens (tertiary/aromatic N) is 3. The third-order valence-corrected chi connectivity index (χ3v) is 5.99. The lowest BCUT2D eigenvalue weighted by molar-refractivity contribution is -0.383. The van der Waals surface area contributed by atoms with Gasteiger partial charge in [0.1, 0.15) is 5.69 Å². The van der Waals surface area contributed by atoms with Crippen LogP contribution in [0.2, 0.25) is 5.02 Å². The first-order valence-corrected chi connectivity index (χ1v) is 10.1. The second kappa shape index (κ2) is 8.31. The van der Waals surface area contributed by atoms with Crippen molar-refractivity contribution in [3.8, 4) is 0 Å². The summed E-state index contributed by atoms with van der Waals surface area (Å²) in [4.78, 5) is 27.5. The van der Waals surface area contributed by atoms with E-state index in [4.69, 9.17) is 11.6 Å². The highest BCUT2D eigenvalue weighted by Gasteiger charge is 2.24. The largest absolute Gasteiger partial charge is 0.320 e. The van der Waals surface area contributed by atoms with Crippen molar-refractivity contribution in [1.29, 1.82) is 0 Å². The van der Waals surface area contributed by atoms with Gasteiger partial charge in [-0.2, -0.15) is 0 Å². The fourth-order valence-corrected chi connectivity index (χ4v) is 4.51. The van der Waals surface area contributed by atoms with Gasteiger partial charge in [0, 0.05) is 22.8 Å². The Hall–Kier alpha value is -2.06. The Morgan fingerprint density at radius 1 is 1.41 bits per heavy atom. The normalized spacial score (nSPS) is 14.5. The number of rotatable bonds is 6. The second-order valence-corrected chi connectivity index (χ2v) is 8.01. The van der Waals surface area contributed by atoms with Gasteiger partial charge in [0.2, 0.25) is 5.91 Å². The Balaban J connectivity index is 1.71. The van der Waals surface area contributed by atoms with Gasteiger partial charge in [-0.05, 0) is 38.8 Å². The zero-order valence-corrected chi connectivity index (χ0v) is 16.8. The first kappa shape index (κ1) is 19.7. The van der Waals surface area contributed by atoms with Crippen LogP contribution >= 0.6 is 23.4 Å². The van der Waals surface area contributed by atoms with E-state index in [1.807, 2.05) is 6.92 Å². The number of halogens is 1. The molecule has 0 atom stereocenters. The molecule has 1 aromatic heterocycles. The van der Waals surface area contributed by atoms with Crippen molar-refractivity contribution >= 4 is 40.6 Å². The molecule has 1 aliphatic carbocycles. The lowest BCUT2D eigenvalue weighted by atomic mass is 10.2. The van der Waals surface area contributed by atoms with Gasteiger partial charge < -0.3 is 9.88 Å². The molecule has 144 valence electrons. The average molecular weight is 409 g/mol. The molecule has 0 bridgehead atoms. The maximum Gasteiger partial charge on any atom is 0.292 e. The van der Waals surface area contributed by atoms with Crippen LogP contribution in [0.4, 0.5) is 11.4 Å². The van der Waals surface area contributed by atoms with Gasteiger partial charge in [-0.3, -0.25) is 14.9 Å². The number of hydrogen-bond donors (Lipinski definition) is 1. The van der Waals surface area contributed by atoms with Crippen LogP contribution in [0, 0.1) is 24.0 Å². The Labute approximate surface area is 166 Å². The minimum atomic E-state index is -0.543. The molecule has 3 rings (SSSR count). The van der Waals surface area contributed by atoms with E-state index in [1.54, 1.807) is 0 Å². The number of aryl methyl sites for hydroxylation is 1. The van der Waals surface area contributed by atoms with Gasteiger partial charge in [0.05, 0.1) is 16.4 Å². The molecular formula is C18H21ClN4O3S. The number of carbonyl (C=O) groups is 1. The summed E-state index contributed by atoms with van der Waals surface area (Å²) in [6.07, 6.45) is 4.69. The van der Waals surface area contributed by atoms with E-state index < -0.39 is 4.92 Å². The molecule has 1 amide bonds. The predicted molar refractivity (Wildman–Crippen MR) is 107 cm³/mol. The molecule has 0 spiro atoms. The lowest BCUT2D eigenvalue weighted by Crippen LogP contribution is -2.16. The number of amides is 1. The van der Waals surface area contributed by atoms with Crippen LogP contribution in [0.3, 0.4) is 0 Å². The van der Waals surface area contributed by atoms with Crippen LogP contribution in [0.1, 0.15) is 43.1 Å². The van der Waals surface area contributed by atoms with Crippen molar-refractivity contribution in [3.63, 3.8) is 0 Å². The van der Waals surface area contributed by atoms with Gasteiger partial charge in [-0.15, -0.1) is 0 Å². The van der Waals surface area contributed by atoms with Gasteiger partial charge in [0.15, 0.2) is 5.16 Å². The van der Waals surface area contributed by atoms with Gasteiger partial charge in [-0.25, -0.2) is 4.98 Å². The Morgan fingerprint density at radius 3 is 2.78 bits per heavy atom. The molecule has 2 aromatic rings. The number of nitrogens with one attached hydrogen (secondary N) is 1. The molecule has 0 radical (unpaired) electrons. The fourth-order valence-electron chi connectivity index (χ4n) is 3.37. The lowest BCUT2D eigenvalue weighted by Gasteiger charge is -2.16. The van der Waals surface area contributed by atoms with Crippen LogP contribution in [0.5, 0.6) is 0 Å². The van der Waals surface area contributed by atoms with Gasteiger partial charge in [-0.1, -0.05) is 36.2 Å². The number of hydrogen-bond acceptors (Lipinski definition) is 5. The highest BCUT2D eigenvalue weighted by atomic mass is 35.5. The van der Waals surface area contributed by atoms with Crippen LogP contribution in [0.25, 0.3) is 0 Å². The molecule has 0 unspecified atom stereocenters. The summed E-state index contributed by atoms with van der Waals surface area (Å²) < 4.78 is 2.24. The van der Waals surface area contributed by atoms with E-state index in [0.29, 0.717) is 11.1 Å². The monoisotopic (exact) mass is 408 g/mol. The highest BCUT2D eigenvalue weighted by molar-refractivity contribution is 7.99. The SMILES string of the molecule is Cc1nc(SCC(=O)Nc2cc(Cl)ccc2[N+](=O)[O-])n(C2CCCC2)c1C. The number of thioether (sulfide) groups is 1. The number of aromatic nitrogens is 2. The number of imidazole rings is 1. The van der Waals surface area contributed by atoms with Gasteiger partial charge >= 0.3 is 0 Å². The summed E-state index contributed by atoms with van der Waals surface area (Å²) in [5.41, 5.74) is 2.02. The third-order valence-electron chi connectivity index (χ3n) is 4.81. The van der Waals surface area contributed by atoms with Crippen molar-refractivity contribution < 1.29 is 9.72 Å². The summed E-state index contributed by atoms with van der Waals surface area (Å²) in [5.74, 6) is -0.214. The minimum Gasteiger partial charge on any atom is -0.320 e. The van der Waals surface area contributed by atoms with Crippen molar-refractivity contribution in [2.24, 2.45) is 0 Å². The van der Waals surface area contributed by atoms with E-state index in [2.05, 4.69) is 21.8 Å². The average Bonchev–Trinajstić information content (AvgIpc) is 3.21. The van der Waals surface area contributed by atoms with Crippen LogP contribution in [0.15, 0.2) is 23.4 Å². The zero-order valence-electron chi connectivity index (χ0n) is 15.2. The molecule has 1 fully saturated rings. The number of benzene rings is 1. The van der Waals surface area contributed by atoms with Crippen LogP contribution in [-0.2, 0) is 4.79 Å². The second-order valence-electron chi connectivity index (χ2n) is 6.63. The summed E-state index contributed by atoms with van der Waals surface area (Å²) in [6.45, 7) is 4.03. The molecule has 1 aromatic carbocycles. The van der Waals surface area contributed by atoms with Crippen molar-refractivity contribution in [2.45, 2.75) is 50.7 Å². The van der Waals surface area contributed by atoms with Crippen LogP contribution < -0.4 is 5.32 Å². The maximum atomic E-state index is 12.4. The van der Waals surface area contributed by atoms with Crippen molar-refractivity contribution in [2.75, 3.05) is 11.1 Å². The molecule has 0 aliphatic heterocycles. The highest BCUT2D eigenvalue weighted by Crippen LogP contribution is 2.35. The molecule has 1 N–H and O–H groups in total. The predicted octanol–water partition coefficient (Wildman–Crippen LogP) is 4.91. The molecule has 1 heterocycles. The number of carbonyl (C=O) groups excluding carboxylic acids is 1. The standard InChI is InChI=1S/C18H21ClN4O3S/c1-11-12(2)22(14-5-3-4-6-14)18(20-11)27-10-17(24)21-15-9-13(19)7-8-16(15)23(25)26/h7-9,14H,3-6,10H2,1-2H3,(H,21,24). The summed E-state index contributed by atoms with van der Waals surface area (Å²) in [7, 11) is 0. The Kier molecular flexibility index (Phi) is 6.06. The smallest absolute Gasteiger partial charge is 0.292 e. The summed E-state index contributed by atoms with van der Waals surface area (Å²) in [5, 5.41) is 14.9. The van der Waals surface area contributed by atoms with E-state index in [1.165, 1.54) is 42.8 Å². The molecule has 9 heteroatoms. The molecule has 1 saturated carbocycles. The third kappa shape index (κ3) is 4.44. The molecule has 27 heavy (non-hydrogen) atoms. The fraction of sp³-hybridized carbons (Fsp3) is 0.444. The quantitative estimate of drug-likeness (QED) is 0.416. The molecule has 0 saturated heterocycles. The van der Waals surface area contributed by atoms with E-state index in [-0.39, 0.29) is 23.0 Å². The molecule has 1 aliphatic rings. The molecular weight excluding hydrogens is 388 g/mol. The number of nitro groups is 1. The van der Waals surface area contributed by atoms with Crippen LogP contribution in [-0.4, -0.2) is 26.1 Å². The summed E-state index contributed by atoms with van der Waals surface area (Å²) >= 11 is 7.25. The Bertz CT molecular complexity index is 878. The van der Waals surface area contributed by atoms with Crippen molar-refractivity contribution in [3.05, 3.63) is 44.7 Å². The number of anilines is 1. The maximum absolute atomic E-state index is 12.4. The number of nitro benzene ring substituents is 1. The topological polar surface area (TPSA) is 90.1 Å². The van der Waals surface area contributed by atoms with Gasteiger partial charge in [0.25, 0.3) is 5.69 Å². The first-order chi connectivity index (χ1) is 12.9. The van der Waals surface area contributed by atoms with E-state index >= 15 is 0 Å². The minimum absolute atomic E-state index is 0.101. The van der Waals surface area contributed by atoms with E-state index in [0.717, 1.165) is 29.4 Å². The molecule has 7 nitrogen and oxygen atoms in total. The zero-order chi connectivity index (χ0) is 19.6. The summed E-state index contributed by atoms with van der Waals surface area (Å²) in [6, 6.07) is 4.53. The first-order valence-electron chi connectivity index (χ1n) is 8.79. The van der Waals surface area contributed by atoms with Crippen molar-refractivity contribution in [1.82, 2.24) is 9.55 Å². The van der Waals surface area contributed by atoms with E-state index in [9.17, 15) is 14.9 Å². The Morgan fingerprint density at radius 2 is 2.11 bits per heavy atom.